The normalized spacial score (nSPS) is 10.3. The Labute approximate surface area is 169 Å². The van der Waals surface area contributed by atoms with E-state index < -0.39 is 11.9 Å². The van der Waals surface area contributed by atoms with Gasteiger partial charge in [-0.25, -0.2) is 4.79 Å². The molecule has 0 unspecified atom stereocenters. The highest BCUT2D eigenvalue weighted by Gasteiger charge is 2.15. The smallest absolute Gasteiger partial charge is 0.340 e. The first-order valence-electron chi connectivity index (χ1n) is 9.38. The number of hydrogen-bond donors (Lipinski definition) is 2. The van der Waals surface area contributed by atoms with Crippen LogP contribution in [0.1, 0.15) is 40.3 Å². The predicted octanol–water partition coefficient (Wildman–Crippen LogP) is 4.21. The van der Waals surface area contributed by atoms with E-state index in [-0.39, 0.29) is 17.9 Å². The maximum atomic E-state index is 12.5. The number of amides is 1. The van der Waals surface area contributed by atoms with E-state index in [0.717, 1.165) is 12.1 Å². The molecular formula is C22H22N4O3. The molecule has 0 aliphatic heterocycles. The van der Waals surface area contributed by atoms with Crippen molar-refractivity contribution < 1.29 is 14.3 Å². The molecule has 2 aromatic carbocycles. The van der Waals surface area contributed by atoms with Crippen LogP contribution in [0.2, 0.25) is 0 Å². The first kappa shape index (κ1) is 20.0. The Morgan fingerprint density at radius 1 is 0.931 bits per heavy atom. The van der Waals surface area contributed by atoms with Crippen LogP contribution in [-0.2, 0) is 11.2 Å². The van der Waals surface area contributed by atoms with Crippen LogP contribution in [0.5, 0.6) is 0 Å². The Balaban J connectivity index is 1.68. The van der Waals surface area contributed by atoms with Crippen LogP contribution in [0, 0.1) is 0 Å². The van der Waals surface area contributed by atoms with Crippen LogP contribution in [-0.4, -0.2) is 28.7 Å². The van der Waals surface area contributed by atoms with Gasteiger partial charge in [0.1, 0.15) is 0 Å². The lowest BCUT2D eigenvalue weighted by Gasteiger charge is -2.10. The molecule has 148 valence electrons. The highest BCUT2D eigenvalue weighted by Crippen LogP contribution is 2.18. The molecule has 0 saturated heterocycles. The Morgan fingerprint density at radius 3 is 2.34 bits per heavy atom. The summed E-state index contributed by atoms with van der Waals surface area (Å²) in [5.74, 6) is -0.436. The van der Waals surface area contributed by atoms with Gasteiger partial charge in [-0.2, -0.15) is 0 Å². The van der Waals surface area contributed by atoms with Crippen molar-refractivity contribution in [2.24, 2.45) is 0 Å². The molecule has 2 N–H and O–H groups in total. The SMILES string of the molecule is CCOC(=O)c1ccccc1NC(=O)c1ccc(Nc2ccc(CC)cc2)nn1. The standard InChI is InChI=1S/C22H22N4O3/c1-3-15-9-11-16(12-10-15)23-20-14-13-19(25-26-20)21(27)24-18-8-6-5-7-17(18)22(28)29-4-2/h5-14H,3-4H2,1-2H3,(H,23,26)(H,24,27). The quantitative estimate of drug-likeness (QED) is 0.587. The van der Waals surface area contributed by atoms with Crippen LogP contribution < -0.4 is 10.6 Å². The lowest BCUT2D eigenvalue weighted by molar-refractivity contribution is 0.0527. The van der Waals surface area contributed by atoms with Crippen molar-refractivity contribution in [3.8, 4) is 0 Å². The van der Waals surface area contributed by atoms with E-state index in [1.165, 1.54) is 5.56 Å². The van der Waals surface area contributed by atoms with Crippen molar-refractivity contribution in [2.75, 3.05) is 17.2 Å². The second-order valence-corrected chi connectivity index (χ2v) is 6.20. The van der Waals surface area contributed by atoms with Crippen molar-refractivity contribution >= 4 is 29.1 Å². The van der Waals surface area contributed by atoms with Crippen molar-refractivity contribution in [2.45, 2.75) is 20.3 Å². The molecule has 7 nitrogen and oxygen atoms in total. The molecule has 0 saturated carbocycles. The molecule has 1 heterocycles. The average molecular weight is 390 g/mol. The number of aromatic nitrogens is 2. The first-order valence-corrected chi connectivity index (χ1v) is 9.38. The lowest BCUT2D eigenvalue weighted by Crippen LogP contribution is -2.17. The number of carbonyl (C=O) groups is 2. The second kappa shape index (κ2) is 9.45. The molecule has 0 aliphatic rings. The summed E-state index contributed by atoms with van der Waals surface area (Å²) >= 11 is 0. The molecule has 3 aromatic rings. The molecule has 7 heteroatoms. The molecule has 0 aliphatic carbocycles. The zero-order valence-corrected chi connectivity index (χ0v) is 16.3. The van der Waals surface area contributed by atoms with Gasteiger partial charge in [0.2, 0.25) is 0 Å². The van der Waals surface area contributed by atoms with Crippen molar-refractivity contribution in [3.05, 3.63) is 77.5 Å². The third kappa shape index (κ3) is 5.16. The predicted molar refractivity (Wildman–Crippen MR) is 111 cm³/mol. The average Bonchev–Trinajstić information content (AvgIpc) is 2.75. The van der Waals surface area contributed by atoms with E-state index in [4.69, 9.17) is 4.74 Å². The van der Waals surface area contributed by atoms with Crippen molar-refractivity contribution in [3.63, 3.8) is 0 Å². The molecular weight excluding hydrogens is 368 g/mol. The summed E-state index contributed by atoms with van der Waals surface area (Å²) in [6, 6.07) is 17.9. The number of esters is 1. The molecule has 29 heavy (non-hydrogen) atoms. The van der Waals surface area contributed by atoms with Crippen molar-refractivity contribution in [1.82, 2.24) is 10.2 Å². The van der Waals surface area contributed by atoms with Gasteiger partial charge in [0, 0.05) is 5.69 Å². The Kier molecular flexibility index (Phi) is 6.52. The maximum Gasteiger partial charge on any atom is 0.340 e. The summed E-state index contributed by atoms with van der Waals surface area (Å²) in [6.45, 7) is 4.08. The topological polar surface area (TPSA) is 93.2 Å². The number of ether oxygens (including phenoxy) is 1. The molecule has 1 amide bonds. The Hall–Kier alpha value is -3.74. The van der Waals surface area contributed by atoms with Gasteiger partial charge in [0.25, 0.3) is 5.91 Å². The van der Waals surface area contributed by atoms with Crippen LogP contribution in [0.3, 0.4) is 0 Å². The highest BCUT2D eigenvalue weighted by molar-refractivity contribution is 6.07. The van der Waals surface area contributed by atoms with E-state index in [1.807, 2.05) is 24.3 Å². The second-order valence-electron chi connectivity index (χ2n) is 6.20. The van der Waals surface area contributed by atoms with Gasteiger partial charge in [-0.05, 0) is 55.3 Å². The third-order valence-electron chi connectivity index (χ3n) is 4.20. The first-order chi connectivity index (χ1) is 14.1. The van der Waals surface area contributed by atoms with Gasteiger partial charge in [-0.3, -0.25) is 4.79 Å². The van der Waals surface area contributed by atoms with Gasteiger partial charge in [-0.15, -0.1) is 10.2 Å². The number of nitrogens with zero attached hydrogens (tertiary/aromatic N) is 2. The minimum Gasteiger partial charge on any atom is -0.462 e. The minimum absolute atomic E-state index is 0.135. The van der Waals surface area contributed by atoms with E-state index in [2.05, 4.69) is 27.8 Å². The van der Waals surface area contributed by atoms with E-state index in [1.54, 1.807) is 43.3 Å². The molecule has 0 radical (unpaired) electrons. The summed E-state index contributed by atoms with van der Waals surface area (Å²) in [6.07, 6.45) is 0.975. The number of hydrogen-bond acceptors (Lipinski definition) is 6. The number of aryl methyl sites for hydroxylation is 1. The van der Waals surface area contributed by atoms with E-state index >= 15 is 0 Å². The fourth-order valence-corrected chi connectivity index (χ4v) is 2.66. The number of carbonyl (C=O) groups excluding carboxylic acids is 2. The van der Waals surface area contributed by atoms with Gasteiger partial charge >= 0.3 is 5.97 Å². The minimum atomic E-state index is -0.497. The van der Waals surface area contributed by atoms with E-state index in [0.29, 0.717) is 11.5 Å². The summed E-state index contributed by atoms with van der Waals surface area (Å²) in [5.41, 5.74) is 2.91. The number of benzene rings is 2. The summed E-state index contributed by atoms with van der Waals surface area (Å²) in [5, 5.41) is 13.9. The number of para-hydroxylation sites is 1. The van der Waals surface area contributed by atoms with Crippen molar-refractivity contribution in [1.29, 1.82) is 0 Å². The van der Waals surface area contributed by atoms with Crippen LogP contribution in [0.25, 0.3) is 0 Å². The maximum absolute atomic E-state index is 12.5. The van der Waals surface area contributed by atoms with E-state index in [9.17, 15) is 9.59 Å². The van der Waals surface area contributed by atoms with Gasteiger partial charge in [0.05, 0.1) is 17.9 Å². The molecule has 0 bridgehead atoms. The number of anilines is 3. The van der Waals surface area contributed by atoms with Crippen LogP contribution >= 0.6 is 0 Å². The highest BCUT2D eigenvalue weighted by atomic mass is 16.5. The largest absolute Gasteiger partial charge is 0.462 e. The summed E-state index contributed by atoms with van der Waals surface area (Å²) in [4.78, 5) is 24.5. The van der Waals surface area contributed by atoms with Gasteiger partial charge in [-0.1, -0.05) is 31.2 Å². The van der Waals surface area contributed by atoms with Crippen LogP contribution in [0.15, 0.2) is 60.7 Å². The Morgan fingerprint density at radius 2 is 1.69 bits per heavy atom. The molecule has 0 fully saturated rings. The molecule has 1 aromatic heterocycles. The van der Waals surface area contributed by atoms with Gasteiger partial charge in [0.15, 0.2) is 11.5 Å². The van der Waals surface area contributed by atoms with Crippen LogP contribution in [0.4, 0.5) is 17.2 Å². The number of nitrogens with one attached hydrogen (secondary N) is 2. The molecule has 0 atom stereocenters. The van der Waals surface area contributed by atoms with Gasteiger partial charge < -0.3 is 15.4 Å². The lowest BCUT2D eigenvalue weighted by atomic mass is 10.1. The Bertz CT molecular complexity index is 986. The zero-order valence-electron chi connectivity index (χ0n) is 16.3. The third-order valence-corrected chi connectivity index (χ3v) is 4.20. The molecule has 3 rings (SSSR count). The monoisotopic (exact) mass is 390 g/mol. The zero-order chi connectivity index (χ0) is 20.6. The number of rotatable bonds is 7. The fourth-order valence-electron chi connectivity index (χ4n) is 2.66. The summed E-state index contributed by atoms with van der Waals surface area (Å²) < 4.78 is 5.02. The molecule has 0 spiro atoms. The fraction of sp³-hybridized carbons (Fsp3) is 0.182. The summed E-state index contributed by atoms with van der Waals surface area (Å²) in [7, 11) is 0.